The van der Waals surface area contributed by atoms with Crippen molar-refractivity contribution < 1.29 is 19.5 Å². The molecule has 0 aliphatic carbocycles. The first-order chi connectivity index (χ1) is 19.5. The predicted octanol–water partition coefficient (Wildman–Crippen LogP) is 4.64. The van der Waals surface area contributed by atoms with Gasteiger partial charge in [0.2, 0.25) is 17.6 Å². The first-order valence-electron chi connectivity index (χ1n) is 14.2. The van der Waals surface area contributed by atoms with Gasteiger partial charge in [0.25, 0.3) is 0 Å². The topological polar surface area (TPSA) is 150 Å². The van der Waals surface area contributed by atoms with Crippen molar-refractivity contribution in [3.8, 4) is 22.5 Å². The Labute approximate surface area is 241 Å². The number of amides is 2. The van der Waals surface area contributed by atoms with Gasteiger partial charge in [0.1, 0.15) is 6.04 Å². The monoisotopic (exact) mass is 562 g/mol. The normalized spacial score (nSPS) is 13.7. The van der Waals surface area contributed by atoms with Crippen LogP contribution in [-0.2, 0) is 20.8 Å². The molecule has 0 saturated heterocycles. The molecule has 3 atom stereocenters. The van der Waals surface area contributed by atoms with Crippen molar-refractivity contribution in [2.24, 2.45) is 17.3 Å². The number of hydrogen-bond acceptors (Lipinski definition) is 6. The van der Waals surface area contributed by atoms with Crippen molar-refractivity contribution in [2.45, 2.75) is 72.3 Å². The number of nitrogens with zero attached hydrogens (tertiary/aromatic N) is 3. The van der Waals surface area contributed by atoms with Crippen LogP contribution in [0.5, 0.6) is 0 Å². The van der Waals surface area contributed by atoms with Gasteiger partial charge >= 0.3 is 5.97 Å². The van der Waals surface area contributed by atoms with Crippen LogP contribution in [0, 0.1) is 17.3 Å². The number of tetrazole rings is 1. The molecule has 0 aliphatic rings. The Hall–Kier alpha value is -4.08. The zero-order chi connectivity index (χ0) is 30.0. The minimum Gasteiger partial charge on any atom is -0.481 e. The summed E-state index contributed by atoms with van der Waals surface area (Å²) in [6, 6.07) is 15.3. The second-order valence-corrected chi connectivity index (χ2v) is 11.6. The lowest BCUT2D eigenvalue weighted by Gasteiger charge is -2.31. The Bertz CT molecular complexity index is 1270. The van der Waals surface area contributed by atoms with Gasteiger partial charge < -0.3 is 15.7 Å². The molecule has 41 heavy (non-hydrogen) atoms. The van der Waals surface area contributed by atoms with Crippen LogP contribution in [-0.4, -0.2) is 56.6 Å². The van der Waals surface area contributed by atoms with E-state index in [-0.39, 0.29) is 18.2 Å². The van der Waals surface area contributed by atoms with Crippen LogP contribution >= 0.6 is 0 Å². The second-order valence-electron chi connectivity index (χ2n) is 11.6. The Morgan fingerprint density at radius 1 is 0.902 bits per heavy atom. The number of aliphatic carboxylic acids is 1. The average molecular weight is 563 g/mol. The summed E-state index contributed by atoms with van der Waals surface area (Å²) < 4.78 is 0. The van der Waals surface area contributed by atoms with Gasteiger partial charge in [-0.2, -0.15) is 5.21 Å². The summed E-state index contributed by atoms with van der Waals surface area (Å²) >= 11 is 0. The summed E-state index contributed by atoms with van der Waals surface area (Å²) in [5.74, 6) is -2.06. The Morgan fingerprint density at radius 3 is 2.02 bits per heavy atom. The highest BCUT2D eigenvalue weighted by molar-refractivity contribution is 5.89. The van der Waals surface area contributed by atoms with Crippen molar-refractivity contribution in [3.63, 3.8) is 0 Å². The van der Waals surface area contributed by atoms with Gasteiger partial charge in [0.05, 0.1) is 5.92 Å². The van der Waals surface area contributed by atoms with E-state index in [1.54, 1.807) is 7.05 Å². The van der Waals surface area contributed by atoms with E-state index >= 15 is 0 Å². The minimum absolute atomic E-state index is 0.233. The molecule has 0 spiro atoms. The molecule has 0 bridgehead atoms. The lowest BCUT2D eigenvalue weighted by atomic mass is 9.83. The molecule has 1 heterocycles. The molecule has 3 rings (SSSR count). The lowest BCUT2D eigenvalue weighted by molar-refractivity contribution is -0.143. The van der Waals surface area contributed by atoms with E-state index in [0.29, 0.717) is 25.1 Å². The highest BCUT2D eigenvalue weighted by atomic mass is 16.4. The molecule has 2 aromatic carbocycles. The SMILES string of the molecule is CCCC[C@@H](C[C@H](CCc1ccc(-c2ccc(-c3nn[nH]n3)cc2)cc1)C(=O)N[C@H](C(=O)NC)C(C)(C)C)C(=O)O. The molecule has 220 valence electrons. The van der Waals surface area contributed by atoms with Gasteiger partial charge in [0.15, 0.2) is 0 Å². The number of likely N-dealkylation sites (N-methyl/N-ethyl adjacent to an activating group) is 1. The molecule has 0 fully saturated rings. The summed E-state index contributed by atoms with van der Waals surface area (Å²) in [6.45, 7) is 7.70. The number of hydrogen-bond donors (Lipinski definition) is 4. The van der Waals surface area contributed by atoms with Crippen molar-refractivity contribution >= 4 is 17.8 Å². The second kappa shape index (κ2) is 14.5. The smallest absolute Gasteiger partial charge is 0.306 e. The Balaban J connectivity index is 1.74. The van der Waals surface area contributed by atoms with E-state index in [9.17, 15) is 19.5 Å². The fourth-order valence-corrected chi connectivity index (χ4v) is 4.87. The number of H-pyrrole nitrogens is 1. The third-order valence-electron chi connectivity index (χ3n) is 7.41. The van der Waals surface area contributed by atoms with E-state index in [4.69, 9.17) is 0 Å². The van der Waals surface area contributed by atoms with Gasteiger partial charge in [-0.05, 0) is 53.0 Å². The number of aromatic nitrogens is 4. The van der Waals surface area contributed by atoms with Crippen LogP contribution in [0.3, 0.4) is 0 Å². The summed E-state index contributed by atoms with van der Waals surface area (Å²) in [4.78, 5) is 38.1. The van der Waals surface area contributed by atoms with Crippen LogP contribution in [0.2, 0.25) is 0 Å². The molecule has 0 saturated carbocycles. The number of unbranched alkanes of at least 4 members (excludes halogenated alkanes) is 1. The third-order valence-corrected chi connectivity index (χ3v) is 7.41. The van der Waals surface area contributed by atoms with E-state index in [0.717, 1.165) is 35.1 Å². The molecule has 2 amide bonds. The minimum atomic E-state index is -0.885. The van der Waals surface area contributed by atoms with Crippen LogP contribution in [0.25, 0.3) is 22.5 Å². The van der Waals surface area contributed by atoms with Crippen LogP contribution in [0.4, 0.5) is 0 Å². The Morgan fingerprint density at radius 2 is 1.51 bits per heavy atom. The summed E-state index contributed by atoms with van der Waals surface area (Å²) in [5, 5.41) is 29.5. The number of nitrogens with one attached hydrogen (secondary N) is 3. The maximum Gasteiger partial charge on any atom is 0.306 e. The molecular formula is C31H42N6O4. The van der Waals surface area contributed by atoms with Gasteiger partial charge in [-0.15, -0.1) is 10.2 Å². The van der Waals surface area contributed by atoms with Gasteiger partial charge in [-0.25, -0.2) is 0 Å². The first kappa shape index (κ1) is 31.4. The summed E-state index contributed by atoms with van der Waals surface area (Å²) in [6.07, 6.45) is 3.51. The molecule has 10 nitrogen and oxygen atoms in total. The average Bonchev–Trinajstić information content (AvgIpc) is 3.50. The predicted molar refractivity (Wildman–Crippen MR) is 158 cm³/mol. The molecule has 4 N–H and O–H groups in total. The maximum absolute atomic E-state index is 13.5. The first-order valence-corrected chi connectivity index (χ1v) is 14.2. The molecule has 0 aliphatic heterocycles. The van der Waals surface area contributed by atoms with Crippen LogP contribution in [0.1, 0.15) is 65.4 Å². The number of carbonyl (C=O) groups is 3. The number of aryl methyl sites for hydroxylation is 1. The van der Waals surface area contributed by atoms with Crippen molar-refractivity contribution in [1.82, 2.24) is 31.3 Å². The largest absolute Gasteiger partial charge is 0.481 e. The number of carboxylic acids is 1. The summed E-state index contributed by atoms with van der Waals surface area (Å²) in [5.41, 5.74) is 3.51. The fraction of sp³-hybridized carbons (Fsp3) is 0.484. The van der Waals surface area contributed by atoms with E-state index < -0.39 is 29.3 Å². The van der Waals surface area contributed by atoms with Crippen molar-refractivity contribution in [3.05, 3.63) is 54.1 Å². The molecule has 0 radical (unpaired) electrons. The third kappa shape index (κ3) is 8.96. The van der Waals surface area contributed by atoms with E-state index in [1.807, 2.05) is 76.2 Å². The zero-order valence-corrected chi connectivity index (χ0v) is 24.6. The van der Waals surface area contributed by atoms with Crippen LogP contribution in [0.15, 0.2) is 48.5 Å². The number of rotatable bonds is 14. The van der Waals surface area contributed by atoms with Gasteiger partial charge in [0, 0.05) is 18.5 Å². The van der Waals surface area contributed by atoms with Crippen molar-refractivity contribution in [2.75, 3.05) is 7.05 Å². The zero-order valence-electron chi connectivity index (χ0n) is 24.6. The highest BCUT2D eigenvalue weighted by Gasteiger charge is 2.35. The number of carboxylic acid groups (broad SMARTS) is 1. The number of benzene rings is 2. The highest BCUT2D eigenvalue weighted by Crippen LogP contribution is 2.27. The van der Waals surface area contributed by atoms with E-state index in [2.05, 4.69) is 31.3 Å². The fourth-order valence-electron chi connectivity index (χ4n) is 4.87. The maximum atomic E-state index is 13.5. The Kier molecular flexibility index (Phi) is 11.1. The number of carbonyl (C=O) groups excluding carboxylic acids is 2. The lowest BCUT2D eigenvalue weighted by Crippen LogP contribution is -2.54. The summed E-state index contributed by atoms with van der Waals surface area (Å²) in [7, 11) is 1.54. The van der Waals surface area contributed by atoms with Crippen LogP contribution < -0.4 is 10.6 Å². The molecular weight excluding hydrogens is 520 g/mol. The molecule has 0 unspecified atom stereocenters. The molecule has 10 heteroatoms. The van der Waals surface area contributed by atoms with Gasteiger partial charge in [-0.3, -0.25) is 14.4 Å². The molecule has 3 aromatic rings. The van der Waals surface area contributed by atoms with Gasteiger partial charge in [-0.1, -0.05) is 89.1 Å². The quantitative estimate of drug-likeness (QED) is 0.223. The van der Waals surface area contributed by atoms with E-state index in [1.165, 1.54) is 0 Å². The van der Waals surface area contributed by atoms with Crippen molar-refractivity contribution in [1.29, 1.82) is 0 Å². The standard InChI is InChI=1S/C31H42N6O4/c1-6-7-8-25(30(40)41)19-24(28(38)33-26(29(39)32-5)31(2,3)4)14-11-20-9-12-21(13-10-20)22-15-17-23(18-16-22)27-34-36-37-35-27/h9-10,12-13,15-18,24-26H,6-8,11,14,19H2,1-5H3,(H,32,39)(H,33,38)(H,40,41)(H,34,35,36,37)/t24-,25-,26+/m0/s1. The molecule has 1 aromatic heterocycles. The number of aromatic amines is 1.